The Kier molecular flexibility index (Phi) is 11.1. The minimum Gasteiger partial charge on any atom is -0.316 e. The van der Waals surface area contributed by atoms with E-state index in [-0.39, 0.29) is 0 Å². The van der Waals surface area contributed by atoms with Crippen LogP contribution in [0.1, 0.15) is 12.8 Å². The van der Waals surface area contributed by atoms with Crippen molar-refractivity contribution in [2.24, 2.45) is 0 Å². The van der Waals surface area contributed by atoms with Crippen molar-refractivity contribution in [1.82, 2.24) is 0 Å². The fourth-order valence-corrected chi connectivity index (χ4v) is 2.59. The molecule has 0 rings (SSSR count). The standard InChI is InChI=1S/C12H10F16O8S2/c13-5(14,7(17,18)11(25,26)37-36-35-29)9(21,22)33-3-1-2-4-34-10(23,24)6(15,16)8(19,20)12(27,28)38(30,31)32/h29H,1-4H2,(H,30,31,32). The quantitative estimate of drug-likeness (QED) is 0.0514. The largest absolute Gasteiger partial charge is 0.438 e. The molecule has 0 heterocycles. The van der Waals surface area contributed by atoms with E-state index in [0.717, 1.165) is 0 Å². The Morgan fingerprint density at radius 3 is 1.26 bits per heavy atom. The average molecular weight is 650 g/mol. The second kappa shape index (κ2) is 11.4. The molecule has 26 heteroatoms. The molecule has 0 aliphatic carbocycles. The van der Waals surface area contributed by atoms with Gasteiger partial charge in [0.2, 0.25) is 0 Å². The van der Waals surface area contributed by atoms with Crippen LogP contribution in [0.15, 0.2) is 0 Å². The number of ether oxygens (including phenoxy) is 2. The molecule has 0 saturated carbocycles. The van der Waals surface area contributed by atoms with Crippen molar-refractivity contribution < 1.29 is 107 Å². The Morgan fingerprint density at radius 2 is 0.947 bits per heavy atom. The van der Waals surface area contributed by atoms with E-state index in [1.54, 1.807) is 0 Å². The molecule has 0 spiro atoms. The summed E-state index contributed by atoms with van der Waals surface area (Å²) in [7, 11) is -7.41. The Labute approximate surface area is 202 Å². The Bertz CT molecular complexity index is 897. The zero-order chi connectivity index (χ0) is 30.9. The molecule has 8 nitrogen and oxygen atoms in total. The number of rotatable bonds is 17. The first-order valence-electron chi connectivity index (χ1n) is 8.45. The van der Waals surface area contributed by atoms with E-state index in [1.165, 1.54) is 0 Å². The van der Waals surface area contributed by atoms with Crippen LogP contribution >= 0.6 is 12.0 Å². The van der Waals surface area contributed by atoms with Gasteiger partial charge in [0.1, 0.15) is 12.0 Å². The molecule has 0 aliphatic rings. The third-order valence-electron chi connectivity index (χ3n) is 3.85. The number of alkyl halides is 16. The lowest BCUT2D eigenvalue weighted by Gasteiger charge is -2.35. The monoisotopic (exact) mass is 650 g/mol. The van der Waals surface area contributed by atoms with Crippen molar-refractivity contribution in [1.29, 1.82) is 0 Å². The lowest BCUT2D eigenvalue weighted by Crippen LogP contribution is -2.64. The van der Waals surface area contributed by atoms with Gasteiger partial charge in [0.15, 0.2) is 0 Å². The van der Waals surface area contributed by atoms with E-state index in [1.807, 2.05) is 0 Å². The number of halogens is 16. The zero-order valence-corrected chi connectivity index (χ0v) is 18.7. The van der Waals surface area contributed by atoms with Gasteiger partial charge in [-0.25, -0.2) is 5.26 Å². The average Bonchev–Trinajstić information content (AvgIpc) is 2.72. The molecular formula is C12H10F16O8S2. The van der Waals surface area contributed by atoms with E-state index in [4.69, 9.17) is 9.81 Å². The molecule has 0 bridgehead atoms. The van der Waals surface area contributed by atoms with Gasteiger partial charge in [-0.1, -0.05) is 5.04 Å². The molecule has 2 N–H and O–H groups in total. The second-order valence-electron chi connectivity index (χ2n) is 6.47. The van der Waals surface area contributed by atoms with Gasteiger partial charge in [0, 0.05) is 0 Å². The smallest absolute Gasteiger partial charge is 0.316 e. The highest BCUT2D eigenvalue weighted by Gasteiger charge is 2.85. The first-order valence-corrected chi connectivity index (χ1v) is 10.6. The predicted molar refractivity (Wildman–Crippen MR) is 84.7 cm³/mol. The first kappa shape index (κ1) is 36.9. The summed E-state index contributed by atoms with van der Waals surface area (Å²) in [6.45, 7) is -3.96. The molecule has 0 atom stereocenters. The van der Waals surface area contributed by atoms with Crippen LogP contribution in [0.4, 0.5) is 70.2 Å². The molecule has 0 radical (unpaired) electrons. The molecule has 0 aromatic heterocycles. The van der Waals surface area contributed by atoms with Crippen LogP contribution in [0.2, 0.25) is 0 Å². The summed E-state index contributed by atoms with van der Waals surface area (Å²) in [5, 5.41) is -3.44. The molecule has 0 saturated heterocycles. The van der Waals surface area contributed by atoms with E-state index in [2.05, 4.69) is 18.8 Å². The minimum absolute atomic E-state index is 1.36. The lowest BCUT2D eigenvalue weighted by molar-refractivity contribution is -0.439. The van der Waals surface area contributed by atoms with E-state index < -0.39 is 94.6 Å². The molecule has 0 amide bonds. The predicted octanol–water partition coefficient (Wildman–Crippen LogP) is 5.67. The van der Waals surface area contributed by atoms with Crippen molar-refractivity contribution in [2.45, 2.75) is 59.3 Å². The zero-order valence-electron chi connectivity index (χ0n) is 17.0. The van der Waals surface area contributed by atoms with Gasteiger partial charge >= 0.3 is 56.5 Å². The summed E-state index contributed by atoms with van der Waals surface area (Å²) in [5.41, 5.74) is 0. The van der Waals surface area contributed by atoms with E-state index in [0.29, 0.717) is 0 Å². The maximum atomic E-state index is 13.4. The third-order valence-corrected chi connectivity index (χ3v) is 5.35. The summed E-state index contributed by atoms with van der Waals surface area (Å²) in [5.74, 6) is -29.0. The maximum absolute atomic E-state index is 13.4. The number of hydrogen-bond acceptors (Lipinski definition) is 8. The highest BCUT2D eigenvalue weighted by atomic mass is 32.2. The van der Waals surface area contributed by atoms with Crippen molar-refractivity contribution in [2.75, 3.05) is 13.2 Å². The van der Waals surface area contributed by atoms with Crippen LogP contribution < -0.4 is 0 Å². The van der Waals surface area contributed by atoms with Crippen molar-refractivity contribution in [3.63, 3.8) is 0 Å². The summed E-state index contributed by atoms with van der Waals surface area (Å²) in [4.78, 5) is 0. The van der Waals surface area contributed by atoms with Crippen LogP contribution in [-0.2, 0) is 29.0 Å². The topological polar surface area (TPSA) is 112 Å². The third kappa shape index (κ3) is 6.63. The molecular weight excluding hydrogens is 640 g/mol. The van der Waals surface area contributed by atoms with Crippen molar-refractivity contribution in [3.05, 3.63) is 0 Å². The summed E-state index contributed by atoms with van der Waals surface area (Å²) in [6.07, 6.45) is -15.9. The van der Waals surface area contributed by atoms with Crippen molar-refractivity contribution >= 4 is 22.2 Å². The summed E-state index contributed by atoms with van der Waals surface area (Å²) in [6, 6.07) is 0. The molecule has 0 aromatic rings. The van der Waals surface area contributed by atoms with Crippen LogP contribution in [0.3, 0.4) is 0 Å². The highest BCUT2D eigenvalue weighted by Crippen LogP contribution is 2.57. The van der Waals surface area contributed by atoms with Crippen LogP contribution in [0.5, 0.6) is 0 Å². The molecule has 0 fully saturated rings. The van der Waals surface area contributed by atoms with Crippen LogP contribution in [0.25, 0.3) is 0 Å². The highest BCUT2D eigenvalue weighted by molar-refractivity contribution is 7.95. The Balaban J connectivity index is 5.24. The fraction of sp³-hybridized carbons (Fsp3) is 1.00. The molecule has 38 heavy (non-hydrogen) atoms. The van der Waals surface area contributed by atoms with Gasteiger partial charge in [0.05, 0.1) is 13.2 Å². The second-order valence-corrected chi connectivity index (χ2v) is 8.75. The van der Waals surface area contributed by atoms with Gasteiger partial charge < -0.3 is 9.47 Å². The maximum Gasteiger partial charge on any atom is 0.438 e. The van der Waals surface area contributed by atoms with Gasteiger partial charge in [0.25, 0.3) is 0 Å². The molecule has 0 aromatic carbocycles. The van der Waals surface area contributed by atoms with Gasteiger partial charge in [-0.3, -0.25) is 4.55 Å². The van der Waals surface area contributed by atoms with E-state index >= 15 is 0 Å². The van der Waals surface area contributed by atoms with Crippen LogP contribution in [0, 0.1) is 0 Å². The summed E-state index contributed by atoms with van der Waals surface area (Å²) < 4.78 is 249. The van der Waals surface area contributed by atoms with E-state index in [9.17, 15) is 78.7 Å². The Morgan fingerprint density at radius 1 is 0.605 bits per heavy atom. The van der Waals surface area contributed by atoms with Crippen LogP contribution in [-0.4, -0.2) is 77.9 Å². The molecule has 230 valence electrons. The van der Waals surface area contributed by atoms with Gasteiger partial charge in [-0.15, -0.1) is 4.33 Å². The lowest BCUT2D eigenvalue weighted by atomic mass is 10.1. The number of unbranched alkanes of at least 4 members (excludes halogenated alkanes) is 1. The van der Waals surface area contributed by atoms with Gasteiger partial charge in [-0.2, -0.15) is 78.7 Å². The first-order chi connectivity index (χ1) is 16.5. The summed E-state index contributed by atoms with van der Waals surface area (Å²) >= 11 is -2.05. The molecule has 0 aliphatic heterocycles. The molecule has 0 unspecified atom stereocenters. The van der Waals surface area contributed by atoms with Crippen molar-refractivity contribution in [3.8, 4) is 0 Å². The number of hydrogen-bond donors (Lipinski definition) is 2. The van der Waals surface area contributed by atoms with Gasteiger partial charge in [-0.05, 0) is 12.8 Å². The SMILES string of the molecule is O=S(=O)(O)C(F)(F)C(F)(F)C(F)(F)C(F)(F)OCCCCOC(F)(F)C(F)(F)C(F)(F)C(F)(F)SOOO. The Hall–Kier alpha value is -1.06. The minimum atomic E-state index is -7.53. The fourth-order valence-electron chi connectivity index (χ4n) is 1.79. The normalized spacial score (nSPS) is 15.7.